The van der Waals surface area contributed by atoms with E-state index in [9.17, 15) is 18.0 Å². The van der Waals surface area contributed by atoms with Crippen LogP contribution in [0.4, 0.5) is 24.8 Å². The molecule has 0 radical (unpaired) electrons. The maximum atomic E-state index is 13.6. The molecule has 0 bridgehead atoms. The molecule has 1 amide bonds. The van der Waals surface area contributed by atoms with Crippen molar-refractivity contribution in [3.8, 4) is 5.75 Å². The third-order valence-electron chi connectivity index (χ3n) is 4.87. The summed E-state index contributed by atoms with van der Waals surface area (Å²) in [7, 11) is 0. The van der Waals surface area contributed by atoms with Gasteiger partial charge in [0, 0.05) is 16.5 Å². The third-order valence-corrected chi connectivity index (χ3v) is 6.07. The molecule has 1 aromatic heterocycles. The number of rotatable bonds is 4. The molecule has 0 aliphatic carbocycles. The molecule has 0 fully saturated rings. The van der Waals surface area contributed by atoms with E-state index in [-0.39, 0.29) is 18.1 Å². The summed E-state index contributed by atoms with van der Waals surface area (Å²) in [4.78, 5) is 19.4. The lowest BCUT2D eigenvalue weighted by Gasteiger charge is -2.26. The number of nitrogens with zero attached hydrogens (tertiary/aromatic N) is 3. The van der Waals surface area contributed by atoms with Crippen LogP contribution in [0.2, 0.25) is 10.0 Å². The molecule has 0 saturated carbocycles. The van der Waals surface area contributed by atoms with Crippen LogP contribution >= 0.6 is 45.8 Å². The second-order valence-corrected chi connectivity index (χ2v) is 9.11. The lowest BCUT2D eigenvalue weighted by Crippen LogP contribution is -2.41. The first kappa shape index (κ1) is 22.2. The summed E-state index contributed by atoms with van der Waals surface area (Å²) in [5.41, 5.74) is 0.0685. The van der Waals surface area contributed by atoms with Crippen LogP contribution in [0.5, 0.6) is 5.75 Å². The molecule has 11 heteroatoms. The number of ether oxygens (including phenoxy) is 1. The summed E-state index contributed by atoms with van der Waals surface area (Å²) >= 11 is 14.3. The summed E-state index contributed by atoms with van der Waals surface area (Å²) in [6, 6.07) is 10.2. The zero-order valence-corrected chi connectivity index (χ0v) is 19.4. The average molecular weight is 582 g/mol. The van der Waals surface area contributed by atoms with Gasteiger partial charge in [0.15, 0.2) is 0 Å². The summed E-state index contributed by atoms with van der Waals surface area (Å²) in [5.74, 6) is -0.179. The predicted molar refractivity (Wildman–Crippen MR) is 119 cm³/mol. The Hall–Kier alpha value is -1.98. The number of fused-ring (bicyclic) bond motifs is 1. The summed E-state index contributed by atoms with van der Waals surface area (Å²) in [6.07, 6.45) is -2.90. The smallest absolute Gasteiger partial charge is 0.406 e. The molecule has 162 valence electrons. The molecule has 2 aromatic carbocycles. The maximum absolute atomic E-state index is 13.6. The summed E-state index contributed by atoms with van der Waals surface area (Å²) < 4.78 is 43.7. The highest BCUT2D eigenvalue weighted by Gasteiger charge is 2.50. The number of benzene rings is 2. The molecule has 5 nitrogen and oxygen atoms in total. The lowest BCUT2D eigenvalue weighted by atomic mass is 9.92. The first-order chi connectivity index (χ1) is 14.5. The van der Waals surface area contributed by atoms with Crippen LogP contribution in [0.25, 0.3) is 0 Å². The van der Waals surface area contributed by atoms with E-state index in [0.717, 1.165) is 3.70 Å². The summed E-state index contributed by atoms with van der Waals surface area (Å²) in [5, 5.41) is 0.744. The van der Waals surface area contributed by atoms with Gasteiger partial charge in [0.25, 0.3) is 5.91 Å². The second-order valence-electron chi connectivity index (χ2n) is 7.13. The van der Waals surface area contributed by atoms with E-state index < -0.39 is 11.9 Å². The predicted octanol–water partition coefficient (Wildman–Crippen LogP) is 6.33. The molecule has 1 aliphatic heterocycles. The van der Waals surface area contributed by atoms with Crippen molar-refractivity contribution in [2.45, 2.75) is 25.2 Å². The van der Waals surface area contributed by atoms with Crippen molar-refractivity contribution >= 4 is 63.3 Å². The van der Waals surface area contributed by atoms with E-state index in [1.807, 2.05) is 0 Å². The molecule has 31 heavy (non-hydrogen) atoms. The van der Waals surface area contributed by atoms with Crippen LogP contribution in [0, 0.1) is 3.70 Å². The molecule has 1 atom stereocenters. The largest absolute Gasteiger partial charge is 0.573 e. The average Bonchev–Trinajstić information content (AvgIpc) is 3.12. The number of imidazole rings is 1. The van der Waals surface area contributed by atoms with E-state index in [4.69, 9.17) is 23.2 Å². The highest BCUT2D eigenvalue weighted by molar-refractivity contribution is 14.1. The van der Waals surface area contributed by atoms with E-state index >= 15 is 0 Å². The topological polar surface area (TPSA) is 47.4 Å². The number of anilines is 2. The van der Waals surface area contributed by atoms with Gasteiger partial charge in [-0.25, -0.2) is 9.88 Å². The van der Waals surface area contributed by atoms with Crippen molar-refractivity contribution in [3.63, 3.8) is 0 Å². The Morgan fingerprint density at radius 2 is 1.74 bits per heavy atom. The van der Waals surface area contributed by atoms with Gasteiger partial charge in [-0.15, -0.1) is 13.2 Å². The van der Waals surface area contributed by atoms with Gasteiger partial charge in [-0.3, -0.25) is 9.36 Å². The van der Waals surface area contributed by atoms with E-state index in [2.05, 4.69) is 32.3 Å². The molecular weight excluding hydrogens is 569 g/mol. The highest BCUT2D eigenvalue weighted by Crippen LogP contribution is 2.43. The van der Waals surface area contributed by atoms with Gasteiger partial charge in [-0.05, 0) is 65.4 Å². The molecule has 4 rings (SSSR count). The van der Waals surface area contributed by atoms with Gasteiger partial charge >= 0.3 is 6.36 Å². The maximum Gasteiger partial charge on any atom is 0.573 e. The van der Waals surface area contributed by atoms with Crippen LogP contribution in [-0.4, -0.2) is 21.8 Å². The van der Waals surface area contributed by atoms with Crippen molar-refractivity contribution < 1.29 is 22.7 Å². The number of carbonyl (C=O) groups is 1. The molecule has 0 saturated heterocycles. The third kappa shape index (κ3) is 4.22. The number of amides is 1. The van der Waals surface area contributed by atoms with E-state index in [1.54, 1.807) is 35.9 Å². The van der Waals surface area contributed by atoms with Crippen LogP contribution in [-0.2, 0) is 16.8 Å². The van der Waals surface area contributed by atoms with Crippen molar-refractivity contribution in [1.82, 2.24) is 9.55 Å². The van der Waals surface area contributed by atoms with Crippen molar-refractivity contribution in [1.29, 1.82) is 0 Å². The Bertz CT molecular complexity index is 1150. The van der Waals surface area contributed by atoms with E-state index in [1.165, 1.54) is 29.2 Å². The fourth-order valence-corrected chi connectivity index (χ4v) is 5.03. The van der Waals surface area contributed by atoms with Crippen molar-refractivity contribution in [3.05, 3.63) is 68.0 Å². The van der Waals surface area contributed by atoms with Gasteiger partial charge in [-0.2, -0.15) is 0 Å². The second kappa shape index (κ2) is 7.86. The Morgan fingerprint density at radius 3 is 2.32 bits per heavy atom. The number of alkyl halides is 3. The molecule has 2 heterocycles. The van der Waals surface area contributed by atoms with Gasteiger partial charge in [0.05, 0.1) is 11.9 Å². The minimum atomic E-state index is -4.77. The standard InChI is InChI=1S/C20H13Cl2F3IN3O2/c1-19(9-11-2-4-15(5-3-11)31-20(23,24)25)17(30)28(18-27-10-16(26)29(18)19)14-7-12(21)6-13(22)8-14/h2-8,10H,9H2,1H3. The van der Waals surface area contributed by atoms with Gasteiger partial charge in [0.2, 0.25) is 5.95 Å². The van der Waals surface area contributed by atoms with Crippen molar-refractivity contribution in [2.24, 2.45) is 0 Å². The normalized spacial score (nSPS) is 18.4. The molecule has 1 aliphatic rings. The quantitative estimate of drug-likeness (QED) is 0.338. The molecule has 0 spiro atoms. The molecule has 1 unspecified atom stereocenters. The Balaban J connectivity index is 1.71. The first-order valence-corrected chi connectivity index (χ1v) is 10.7. The van der Waals surface area contributed by atoms with Crippen LogP contribution in [0.15, 0.2) is 48.7 Å². The molecule has 3 aromatic rings. The minimum Gasteiger partial charge on any atom is -0.406 e. The van der Waals surface area contributed by atoms with E-state index in [0.29, 0.717) is 27.2 Å². The van der Waals surface area contributed by atoms with Crippen LogP contribution < -0.4 is 9.64 Å². The van der Waals surface area contributed by atoms with Crippen molar-refractivity contribution in [2.75, 3.05) is 4.90 Å². The van der Waals surface area contributed by atoms with Gasteiger partial charge in [-0.1, -0.05) is 35.3 Å². The number of hydrogen-bond donors (Lipinski definition) is 0. The molecular formula is C20H13Cl2F3IN3O2. The number of halogens is 6. The summed E-state index contributed by atoms with van der Waals surface area (Å²) in [6.45, 7) is 1.76. The fraction of sp³-hybridized carbons (Fsp3) is 0.200. The van der Waals surface area contributed by atoms with Gasteiger partial charge in [0.1, 0.15) is 15.0 Å². The Labute approximate surface area is 198 Å². The molecule has 0 N–H and O–H groups in total. The highest BCUT2D eigenvalue weighted by atomic mass is 127. The van der Waals surface area contributed by atoms with Gasteiger partial charge < -0.3 is 4.74 Å². The number of hydrogen-bond acceptors (Lipinski definition) is 3. The zero-order chi connectivity index (χ0) is 22.6. The first-order valence-electron chi connectivity index (χ1n) is 8.87. The van der Waals surface area contributed by atoms with Crippen LogP contribution in [0.3, 0.4) is 0 Å². The number of aromatic nitrogens is 2. The Kier molecular flexibility index (Phi) is 5.63. The lowest BCUT2D eigenvalue weighted by molar-refractivity contribution is -0.274. The van der Waals surface area contributed by atoms with Crippen LogP contribution in [0.1, 0.15) is 12.5 Å². The monoisotopic (exact) mass is 581 g/mol. The fourth-order valence-electron chi connectivity index (χ4n) is 3.63. The minimum absolute atomic E-state index is 0.224. The Morgan fingerprint density at radius 1 is 1.13 bits per heavy atom. The zero-order valence-electron chi connectivity index (χ0n) is 15.8. The number of carbonyl (C=O) groups excluding carboxylic acids is 1. The SMILES string of the molecule is CC1(Cc2ccc(OC(F)(F)F)cc2)C(=O)N(c2cc(Cl)cc(Cl)c2)c2ncc(I)n21.